The second kappa shape index (κ2) is 6.89. The van der Waals surface area contributed by atoms with Gasteiger partial charge in [-0.3, -0.25) is 14.9 Å². The summed E-state index contributed by atoms with van der Waals surface area (Å²) in [6.07, 6.45) is 0. The van der Waals surface area contributed by atoms with Crippen LogP contribution in [0, 0.1) is 0 Å². The number of carboxylic acids is 1. The van der Waals surface area contributed by atoms with Gasteiger partial charge in [0, 0.05) is 5.69 Å². The molecule has 0 saturated heterocycles. The van der Waals surface area contributed by atoms with Crippen molar-refractivity contribution in [1.82, 2.24) is 5.32 Å². The Kier molecular flexibility index (Phi) is 5.51. The predicted molar refractivity (Wildman–Crippen MR) is 74.3 cm³/mol. The first-order chi connectivity index (χ1) is 8.90. The summed E-state index contributed by atoms with van der Waals surface area (Å²) in [5.74, 6) is -0.842. The maximum atomic E-state index is 11.7. The van der Waals surface area contributed by atoms with E-state index in [1.54, 1.807) is 0 Å². The third-order valence-electron chi connectivity index (χ3n) is 2.78. The van der Waals surface area contributed by atoms with Crippen LogP contribution in [0.2, 0.25) is 0 Å². The molecule has 0 aliphatic carbocycles. The third-order valence-corrected chi connectivity index (χ3v) is 2.78. The van der Waals surface area contributed by atoms with Crippen LogP contribution >= 0.6 is 0 Å². The largest absolute Gasteiger partial charge is 0.480 e. The molecular formula is C14H20N2O3. The van der Waals surface area contributed by atoms with Crippen LogP contribution in [0.5, 0.6) is 0 Å². The Hall–Kier alpha value is -1.88. The smallest absolute Gasteiger partial charge is 0.320 e. The lowest BCUT2D eigenvalue weighted by Gasteiger charge is -2.11. The van der Waals surface area contributed by atoms with Gasteiger partial charge in [-0.2, -0.15) is 0 Å². The fourth-order valence-electron chi connectivity index (χ4n) is 1.51. The molecule has 0 aromatic heterocycles. The van der Waals surface area contributed by atoms with Crippen LogP contribution in [0.4, 0.5) is 5.69 Å². The number of hydrogen-bond donors (Lipinski definition) is 3. The molecule has 0 fully saturated rings. The monoisotopic (exact) mass is 264 g/mol. The minimum absolute atomic E-state index is 0.0284. The lowest BCUT2D eigenvalue weighted by Crippen LogP contribution is -2.39. The highest BCUT2D eigenvalue weighted by Crippen LogP contribution is 2.18. The average molecular weight is 264 g/mol. The van der Waals surface area contributed by atoms with Gasteiger partial charge in [0.1, 0.15) is 6.04 Å². The zero-order valence-electron chi connectivity index (χ0n) is 11.4. The maximum absolute atomic E-state index is 11.7. The molecule has 0 radical (unpaired) electrons. The predicted octanol–water partition coefficient (Wildman–Crippen LogP) is 1.81. The summed E-state index contributed by atoms with van der Waals surface area (Å²) >= 11 is 0. The maximum Gasteiger partial charge on any atom is 0.320 e. The van der Waals surface area contributed by atoms with Gasteiger partial charge >= 0.3 is 5.97 Å². The van der Waals surface area contributed by atoms with E-state index in [0.717, 1.165) is 11.3 Å². The first-order valence-electron chi connectivity index (χ1n) is 6.26. The Bertz CT molecular complexity index is 458. The Morgan fingerprint density at radius 3 is 2.53 bits per heavy atom. The first-order valence-corrected chi connectivity index (χ1v) is 6.26. The van der Waals surface area contributed by atoms with E-state index in [1.807, 2.05) is 24.3 Å². The van der Waals surface area contributed by atoms with Gasteiger partial charge in [0.2, 0.25) is 5.91 Å². The van der Waals surface area contributed by atoms with E-state index >= 15 is 0 Å². The molecule has 1 rings (SSSR count). The lowest BCUT2D eigenvalue weighted by molar-refractivity contribution is -0.139. The molecule has 0 aliphatic rings. The van der Waals surface area contributed by atoms with Crippen molar-refractivity contribution >= 4 is 17.6 Å². The quantitative estimate of drug-likeness (QED) is 0.732. The molecule has 1 aromatic rings. The van der Waals surface area contributed by atoms with Crippen LogP contribution in [-0.2, 0) is 9.59 Å². The zero-order chi connectivity index (χ0) is 14.4. The number of carbonyl (C=O) groups excluding carboxylic acids is 1. The number of amides is 1. The number of carboxylic acid groups (broad SMARTS) is 1. The summed E-state index contributed by atoms with van der Waals surface area (Å²) in [5.41, 5.74) is 1.87. The topological polar surface area (TPSA) is 78.4 Å². The number of nitrogens with one attached hydrogen (secondary N) is 2. The van der Waals surface area contributed by atoms with Crippen molar-refractivity contribution in [2.75, 3.05) is 11.9 Å². The fraction of sp³-hybridized carbons (Fsp3) is 0.429. The van der Waals surface area contributed by atoms with Gasteiger partial charge in [0.25, 0.3) is 0 Å². The number of carbonyl (C=O) groups is 2. The Morgan fingerprint density at radius 1 is 1.26 bits per heavy atom. The van der Waals surface area contributed by atoms with E-state index in [-0.39, 0.29) is 12.5 Å². The molecule has 1 aromatic carbocycles. The van der Waals surface area contributed by atoms with Gasteiger partial charge in [-0.15, -0.1) is 0 Å². The van der Waals surface area contributed by atoms with E-state index in [0.29, 0.717) is 5.92 Å². The standard InChI is InChI=1S/C14H20N2O3/c1-9(2)11-5-4-6-12(7-11)16-13(17)8-15-10(3)14(18)19/h4-7,9-10,15H,8H2,1-3H3,(H,16,17)(H,18,19). The summed E-state index contributed by atoms with van der Waals surface area (Å²) in [7, 11) is 0. The minimum atomic E-state index is -0.977. The van der Waals surface area contributed by atoms with Gasteiger partial charge in [-0.25, -0.2) is 0 Å². The van der Waals surface area contributed by atoms with Crippen LogP contribution in [-0.4, -0.2) is 29.6 Å². The van der Waals surface area contributed by atoms with Crippen molar-refractivity contribution in [2.45, 2.75) is 32.7 Å². The molecule has 19 heavy (non-hydrogen) atoms. The van der Waals surface area contributed by atoms with Crippen LogP contribution < -0.4 is 10.6 Å². The molecule has 0 spiro atoms. The molecule has 1 amide bonds. The highest BCUT2D eigenvalue weighted by molar-refractivity contribution is 5.92. The minimum Gasteiger partial charge on any atom is -0.480 e. The molecule has 5 nitrogen and oxygen atoms in total. The van der Waals surface area contributed by atoms with Gasteiger partial charge in [0.15, 0.2) is 0 Å². The number of rotatable bonds is 6. The van der Waals surface area contributed by atoms with Crippen molar-refractivity contribution in [1.29, 1.82) is 0 Å². The zero-order valence-corrected chi connectivity index (χ0v) is 11.4. The summed E-state index contributed by atoms with van der Waals surface area (Å²) in [6.45, 7) is 5.63. The summed E-state index contributed by atoms with van der Waals surface area (Å²) in [6, 6.07) is 6.88. The molecule has 3 N–H and O–H groups in total. The number of benzene rings is 1. The molecule has 1 atom stereocenters. The number of hydrogen-bond acceptors (Lipinski definition) is 3. The Morgan fingerprint density at radius 2 is 1.95 bits per heavy atom. The van der Waals surface area contributed by atoms with Crippen molar-refractivity contribution in [3.63, 3.8) is 0 Å². The van der Waals surface area contributed by atoms with E-state index in [9.17, 15) is 9.59 Å². The lowest BCUT2D eigenvalue weighted by atomic mass is 10.0. The van der Waals surface area contributed by atoms with E-state index < -0.39 is 12.0 Å². The highest BCUT2D eigenvalue weighted by atomic mass is 16.4. The van der Waals surface area contributed by atoms with E-state index in [1.165, 1.54) is 6.92 Å². The molecular weight excluding hydrogens is 244 g/mol. The molecule has 0 aliphatic heterocycles. The first kappa shape index (κ1) is 15.2. The molecule has 5 heteroatoms. The summed E-state index contributed by atoms with van der Waals surface area (Å²) in [4.78, 5) is 22.2. The van der Waals surface area contributed by atoms with Crippen LogP contribution in [0.25, 0.3) is 0 Å². The van der Waals surface area contributed by atoms with Crippen molar-refractivity contribution in [3.05, 3.63) is 29.8 Å². The normalized spacial score (nSPS) is 12.2. The molecule has 1 unspecified atom stereocenters. The Balaban J connectivity index is 2.53. The fourth-order valence-corrected chi connectivity index (χ4v) is 1.51. The Labute approximate surface area is 113 Å². The van der Waals surface area contributed by atoms with Crippen LogP contribution in [0.15, 0.2) is 24.3 Å². The van der Waals surface area contributed by atoms with E-state index in [4.69, 9.17) is 5.11 Å². The SMILES string of the molecule is CC(NCC(=O)Nc1cccc(C(C)C)c1)C(=O)O. The summed E-state index contributed by atoms with van der Waals surface area (Å²) in [5, 5.41) is 14.1. The molecule has 0 bridgehead atoms. The van der Waals surface area contributed by atoms with E-state index in [2.05, 4.69) is 24.5 Å². The second-order valence-corrected chi connectivity index (χ2v) is 4.77. The van der Waals surface area contributed by atoms with Gasteiger partial charge in [-0.05, 0) is 30.5 Å². The summed E-state index contributed by atoms with van der Waals surface area (Å²) < 4.78 is 0. The second-order valence-electron chi connectivity index (χ2n) is 4.77. The van der Waals surface area contributed by atoms with Gasteiger partial charge < -0.3 is 10.4 Å². The van der Waals surface area contributed by atoms with Crippen molar-refractivity contribution in [2.24, 2.45) is 0 Å². The molecule has 0 heterocycles. The molecule has 0 saturated carbocycles. The van der Waals surface area contributed by atoms with Crippen LogP contribution in [0.1, 0.15) is 32.3 Å². The third kappa shape index (κ3) is 5.09. The van der Waals surface area contributed by atoms with Crippen molar-refractivity contribution < 1.29 is 14.7 Å². The number of anilines is 1. The van der Waals surface area contributed by atoms with Gasteiger partial charge in [0.05, 0.1) is 6.54 Å². The average Bonchev–Trinajstić information content (AvgIpc) is 2.36. The van der Waals surface area contributed by atoms with Gasteiger partial charge in [-0.1, -0.05) is 26.0 Å². The van der Waals surface area contributed by atoms with Crippen LogP contribution in [0.3, 0.4) is 0 Å². The van der Waals surface area contributed by atoms with Crippen molar-refractivity contribution in [3.8, 4) is 0 Å². The number of aliphatic carboxylic acids is 1. The highest BCUT2D eigenvalue weighted by Gasteiger charge is 2.11. The molecule has 104 valence electrons.